The number of amides is 1. The van der Waals surface area contributed by atoms with E-state index in [0.29, 0.717) is 37.9 Å². The number of halogens is 1. The summed E-state index contributed by atoms with van der Waals surface area (Å²) in [5.41, 5.74) is 0.688. The summed E-state index contributed by atoms with van der Waals surface area (Å²) < 4.78 is 27.5. The van der Waals surface area contributed by atoms with E-state index < -0.39 is 10.0 Å². The molecule has 2 aliphatic heterocycles. The number of benzene rings is 1. The van der Waals surface area contributed by atoms with Crippen molar-refractivity contribution in [1.29, 1.82) is 0 Å². The molecule has 1 spiro atoms. The first kappa shape index (κ1) is 20.2. The van der Waals surface area contributed by atoms with E-state index in [1.807, 2.05) is 36.1 Å². The highest BCUT2D eigenvalue weighted by molar-refractivity contribution is 9.10. The normalized spacial score (nSPS) is 20.6. The standard InChI is InChI=1S/C18H25BrN2O3S2/c1-2-3-14-26(23,24)20-10-8-18(9-11-20)21(12-13-25-18)17(22)15-4-6-16(19)7-5-15/h4-7H,2-3,8-14H2,1H3. The monoisotopic (exact) mass is 460 g/mol. The highest BCUT2D eigenvalue weighted by Gasteiger charge is 2.47. The van der Waals surface area contributed by atoms with Crippen molar-refractivity contribution < 1.29 is 13.2 Å². The summed E-state index contributed by atoms with van der Waals surface area (Å²) in [7, 11) is -3.17. The summed E-state index contributed by atoms with van der Waals surface area (Å²) in [5.74, 6) is 1.18. The summed E-state index contributed by atoms with van der Waals surface area (Å²) >= 11 is 5.20. The smallest absolute Gasteiger partial charge is 0.254 e. The van der Waals surface area contributed by atoms with Crippen LogP contribution in [0.3, 0.4) is 0 Å². The van der Waals surface area contributed by atoms with Crippen LogP contribution in [0.2, 0.25) is 0 Å². The first-order chi connectivity index (χ1) is 12.4. The van der Waals surface area contributed by atoms with Crippen LogP contribution in [0.15, 0.2) is 28.7 Å². The molecule has 1 amide bonds. The fourth-order valence-corrected chi connectivity index (χ4v) is 7.00. The van der Waals surface area contributed by atoms with Gasteiger partial charge in [0.05, 0.1) is 10.6 Å². The second-order valence-corrected chi connectivity index (χ2v) is 11.3. The van der Waals surface area contributed by atoms with Gasteiger partial charge in [0.15, 0.2) is 0 Å². The van der Waals surface area contributed by atoms with Gasteiger partial charge in [0.25, 0.3) is 5.91 Å². The molecule has 2 saturated heterocycles. The summed E-state index contributed by atoms with van der Waals surface area (Å²) in [6, 6.07) is 7.44. The van der Waals surface area contributed by atoms with Gasteiger partial charge in [-0.25, -0.2) is 12.7 Å². The number of sulfonamides is 1. The third-order valence-corrected chi connectivity index (χ3v) is 9.20. The minimum atomic E-state index is -3.17. The number of unbranched alkanes of at least 4 members (excludes halogenated alkanes) is 1. The second kappa shape index (κ2) is 8.20. The van der Waals surface area contributed by atoms with E-state index in [2.05, 4.69) is 15.9 Å². The molecule has 0 saturated carbocycles. The summed E-state index contributed by atoms with van der Waals surface area (Å²) in [5, 5.41) is 0. The third kappa shape index (κ3) is 4.13. The summed E-state index contributed by atoms with van der Waals surface area (Å²) in [4.78, 5) is 14.7. The van der Waals surface area contributed by atoms with Gasteiger partial charge in [-0.1, -0.05) is 29.3 Å². The van der Waals surface area contributed by atoms with Gasteiger partial charge in [0.1, 0.15) is 0 Å². The highest BCUT2D eigenvalue weighted by Crippen LogP contribution is 2.45. The van der Waals surface area contributed by atoms with Crippen LogP contribution in [-0.4, -0.2) is 59.5 Å². The van der Waals surface area contributed by atoms with Crippen LogP contribution in [0.1, 0.15) is 43.0 Å². The van der Waals surface area contributed by atoms with E-state index in [1.165, 1.54) is 0 Å². The molecule has 0 unspecified atom stereocenters. The molecule has 26 heavy (non-hydrogen) atoms. The van der Waals surface area contributed by atoms with Crippen molar-refractivity contribution in [3.8, 4) is 0 Å². The highest BCUT2D eigenvalue weighted by atomic mass is 79.9. The fourth-order valence-electron chi connectivity index (χ4n) is 3.63. The van der Waals surface area contributed by atoms with Crippen molar-refractivity contribution in [3.63, 3.8) is 0 Å². The van der Waals surface area contributed by atoms with Crippen molar-refractivity contribution in [2.24, 2.45) is 0 Å². The molecule has 1 aromatic rings. The summed E-state index contributed by atoms with van der Waals surface area (Å²) in [6.07, 6.45) is 2.98. The summed E-state index contributed by atoms with van der Waals surface area (Å²) in [6.45, 7) is 3.73. The Hall–Kier alpha value is -0.570. The number of thioether (sulfide) groups is 1. The van der Waals surface area contributed by atoms with Crippen molar-refractivity contribution in [1.82, 2.24) is 9.21 Å². The van der Waals surface area contributed by atoms with Crippen LogP contribution in [0.5, 0.6) is 0 Å². The van der Waals surface area contributed by atoms with Crippen LogP contribution in [0.4, 0.5) is 0 Å². The number of nitrogens with zero attached hydrogens (tertiary/aromatic N) is 2. The van der Waals surface area contributed by atoms with Gasteiger partial charge in [-0.05, 0) is 43.5 Å². The molecule has 1 aromatic carbocycles. The Bertz CT molecular complexity index is 744. The molecule has 0 bridgehead atoms. The maximum absolute atomic E-state index is 13.0. The molecule has 8 heteroatoms. The van der Waals surface area contributed by atoms with Gasteiger partial charge in [-0.15, -0.1) is 11.8 Å². The van der Waals surface area contributed by atoms with Crippen molar-refractivity contribution >= 4 is 43.6 Å². The Morgan fingerprint density at radius 2 is 1.85 bits per heavy atom. The zero-order chi connectivity index (χ0) is 18.8. The number of rotatable bonds is 5. The lowest BCUT2D eigenvalue weighted by atomic mass is 10.0. The van der Waals surface area contributed by atoms with Crippen LogP contribution in [0, 0.1) is 0 Å². The van der Waals surface area contributed by atoms with E-state index in [4.69, 9.17) is 0 Å². The van der Waals surface area contributed by atoms with Crippen LogP contribution in [-0.2, 0) is 10.0 Å². The number of carbonyl (C=O) groups is 1. The maximum atomic E-state index is 13.0. The molecule has 3 rings (SSSR count). The molecule has 0 N–H and O–H groups in total. The van der Waals surface area contributed by atoms with Crippen LogP contribution < -0.4 is 0 Å². The minimum absolute atomic E-state index is 0.0461. The van der Waals surface area contributed by atoms with Gasteiger partial charge in [-0.2, -0.15) is 0 Å². The molecule has 5 nitrogen and oxygen atoms in total. The molecular formula is C18H25BrN2O3S2. The average Bonchev–Trinajstić information content (AvgIpc) is 3.03. The fraction of sp³-hybridized carbons (Fsp3) is 0.611. The number of piperidine rings is 1. The van der Waals surface area contributed by atoms with Gasteiger partial charge in [-0.3, -0.25) is 4.79 Å². The van der Waals surface area contributed by atoms with E-state index in [1.54, 1.807) is 16.1 Å². The lowest BCUT2D eigenvalue weighted by Crippen LogP contribution is -2.53. The Kier molecular flexibility index (Phi) is 6.37. The van der Waals surface area contributed by atoms with Crippen LogP contribution >= 0.6 is 27.7 Å². The van der Waals surface area contributed by atoms with E-state index in [9.17, 15) is 13.2 Å². The van der Waals surface area contributed by atoms with Gasteiger partial charge < -0.3 is 4.90 Å². The predicted molar refractivity (Wildman–Crippen MR) is 110 cm³/mol. The Balaban J connectivity index is 1.70. The van der Waals surface area contributed by atoms with Gasteiger partial charge in [0.2, 0.25) is 10.0 Å². The lowest BCUT2D eigenvalue weighted by Gasteiger charge is -2.43. The zero-order valence-electron chi connectivity index (χ0n) is 15.0. The lowest BCUT2D eigenvalue weighted by molar-refractivity contribution is 0.0605. The molecule has 144 valence electrons. The Labute approximate surface area is 168 Å². The maximum Gasteiger partial charge on any atom is 0.254 e. The van der Waals surface area contributed by atoms with Gasteiger partial charge >= 0.3 is 0 Å². The predicted octanol–water partition coefficient (Wildman–Crippen LogP) is 3.56. The molecule has 0 aliphatic carbocycles. The molecular weight excluding hydrogens is 436 g/mol. The number of hydrogen-bond donors (Lipinski definition) is 0. The molecule has 2 fully saturated rings. The van der Waals surface area contributed by atoms with Crippen molar-refractivity contribution in [3.05, 3.63) is 34.3 Å². The molecule has 0 aromatic heterocycles. The first-order valence-electron chi connectivity index (χ1n) is 9.07. The van der Waals surface area contributed by atoms with E-state index >= 15 is 0 Å². The quantitative estimate of drug-likeness (QED) is 0.673. The van der Waals surface area contributed by atoms with Crippen molar-refractivity contribution in [2.75, 3.05) is 31.1 Å². The molecule has 2 aliphatic rings. The second-order valence-electron chi connectivity index (χ2n) is 6.83. The Morgan fingerprint density at radius 3 is 2.46 bits per heavy atom. The Morgan fingerprint density at radius 1 is 1.19 bits per heavy atom. The third-order valence-electron chi connectivity index (χ3n) is 5.17. The zero-order valence-corrected chi connectivity index (χ0v) is 18.2. The molecule has 2 heterocycles. The first-order valence-corrected chi connectivity index (χ1v) is 12.5. The largest absolute Gasteiger partial charge is 0.323 e. The number of hydrogen-bond acceptors (Lipinski definition) is 4. The average molecular weight is 461 g/mol. The molecule has 0 atom stereocenters. The van der Waals surface area contributed by atoms with E-state index in [0.717, 1.165) is 23.2 Å². The van der Waals surface area contributed by atoms with Gasteiger partial charge in [0, 0.05) is 35.4 Å². The molecule has 0 radical (unpaired) electrons. The van der Waals surface area contributed by atoms with E-state index in [-0.39, 0.29) is 16.5 Å². The minimum Gasteiger partial charge on any atom is -0.323 e. The topological polar surface area (TPSA) is 57.7 Å². The van der Waals surface area contributed by atoms with Crippen LogP contribution in [0.25, 0.3) is 0 Å². The van der Waals surface area contributed by atoms with Crippen molar-refractivity contribution in [2.45, 2.75) is 37.5 Å². The SMILES string of the molecule is CCCCS(=O)(=O)N1CCC2(CC1)SCCN2C(=O)c1ccc(Br)cc1. The number of carbonyl (C=O) groups excluding carboxylic acids is 1.